The van der Waals surface area contributed by atoms with Gasteiger partial charge in [-0.2, -0.15) is 5.10 Å². The Morgan fingerprint density at radius 1 is 1.47 bits per heavy atom. The predicted molar refractivity (Wildman–Crippen MR) is 74.9 cm³/mol. The highest BCUT2D eigenvalue weighted by Crippen LogP contribution is 2.25. The van der Waals surface area contributed by atoms with Crippen LogP contribution in [0.5, 0.6) is 0 Å². The van der Waals surface area contributed by atoms with E-state index < -0.39 is 0 Å². The number of piperidine rings is 1. The van der Waals surface area contributed by atoms with Crippen LogP contribution in [0.25, 0.3) is 0 Å². The van der Waals surface area contributed by atoms with Gasteiger partial charge in [-0.1, -0.05) is 0 Å². The van der Waals surface area contributed by atoms with Gasteiger partial charge in [-0.05, 0) is 19.8 Å². The number of nitrogens with one attached hydrogen (secondary N) is 1. The quantitative estimate of drug-likeness (QED) is 0.824. The molecule has 1 saturated heterocycles. The van der Waals surface area contributed by atoms with E-state index in [4.69, 9.17) is 5.73 Å². The molecule has 2 rings (SSSR count). The lowest BCUT2D eigenvalue weighted by Crippen LogP contribution is -2.44. The molecule has 1 fully saturated rings. The number of amides is 1. The average molecular weight is 265 g/mol. The summed E-state index contributed by atoms with van der Waals surface area (Å²) in [6.07, 6.45) is 1.93. The van der Waals surface area contributed by atoms with Crippen molar-refractivity contribution in [3.63, 3.8) is 0 Å². The lowest BCUT2D eigenvalue weighted by molar-refractivity contribution is -0.119. The minimum absolute atomic E-state index is 0.0532. The van der Waals surface area contributed by atoms with Crippen LogP contribution in [0.15, 0.2) is 0 Å². The van der Waals surface area contributed by atoms with Gasteiger partial charge in [-0.15, -0.1) is 0 Å². The molecule has 1 aliphatic rings. The smallest absolute Gasteiger partial charge is 0.217 e. The second-order valence-electron chi connectivity index (χ2n) is 5.18. The average Bonchev–Trinajstić information content (AvgIpc) is 2.64. The van der Waals surface area contributed by atoms with E-state index in [0.717, 1.165) is 43.0 Å². The van der Waals surface area contributed by atoms with Crippen molar-refractivity contribution >= 4 is 11.7 Å². The molecule has 1 aromatic heterocycles. The van der Waals surface area contributed by atoms with Gasteiger partial charge < -0.3 is 16.0 Å². The van der Waals surface area contributed by atoms with Crippen LogP contribution in [0.2, 0.25) is 0 Å². The molecule has 0 aromatic carbocycles. The molecule has 1 aliphatic heterocycles. The van der Waals surface area contributed by atoms with Gasteiger partial charge in [0, 0.05) is 45.2 Å². The maximum atomic E-state index is 11.1. The molecule has 1 aromatic rings. The van der Waals surface area contributed by atoms with Crippen molar-refractivity contribution in [3.8, 4) is 0 Å². The van der Waals surface area contributed by atoms with Crippen LogP contribution in [0.3, 0.4) is 0 Å². The SMILES string of the molecule is CC(=O)NC1CCN(c2c(CN)c(C)nn2C)CC1. The van der Waals surface area contributed by atoms with Crippen LogP contribution >= 0.6 is 0 Å². The van der Waals surface area contributed by atoms with Crippen LogP contribution in [-0.2, 0) is 18.4 Å². The first-order valence-corrected chi connectivity index (χ1v) is 6.77. The van der Waals surface area contributed by atoms with Gasteiger partial charge in [0.05, 0.1) is 5.69 Å². The lowest BCUT2D eigenvalue weighted by Gasteiger charge is -2.34. The van der Waals surface area contributed by atoms with Gasteiger partial charge in [0.1, 0.15) is 5.82 Å². The highest BCUT2D eigenvalue weighted by Gasteiger charge is 2.24. The molecule has 6 heteroatoms. The summed E-state index contributed by atoms with van der Waals surface area (Å²) in [5, 5.41) is 7.44. The van der Waals surface area contributed by atoms with Gasteiger partial charge in [0.2, 0.25) is 5.91 Å². The second-order valence-corrected chi connectivity index (χ2v) is 5.18. The van der Waals surface area contributed by atoms with Crippen molar-refractivity contribution < 1.29 is 4.79 Å². The van der Waals surface area contributed by atoms with Crippen LogP contribution in [0.4, 0.5) is 5.82 Å². The molecule has 0 bridgehead atoms. The van der Waals surface area contributed by atoms with E-state index in [1.165, 1.54) is 0 Å². The van der Waals surface area contributed by atoms with E-state index >= 15 is 0 Å². The lowest BCUT2D eigenvalue weighted by atomic mass is 10.0. The predicted octanol–water partition coefficient (Wildman–Crippen LogP) is 0.292. The molecule has 3 N–H and O–H groups in total. The molecular weight excluding hydrogens is 242 g/mol. The molecule has 106 valence electrons. The monoisotopic (exact) mass is 265 g/mol. The summed E-state index contributed by atoms with van der Waals surface area (Å²) < 4.78 is 1.91. The number of aryl methyl sites for hydroxylation is 2. The fraction of sp³-hybridized carbons (Fsp3) is 0.692. The molecule has 0 atom stereocenters. The van der Waals surface area contributed by atoms with Crippen molar-refractivity contribution in [3.05, 3.63) is 11.3 Å². The van der Waals surface area contributed by atoms with Crippen LogP contribution in [0, 0.1) is 6.92 Å². The number of carbonyl (C=O) groups excluding carboxylic acids is 1. The molecule has 0 aliphatic carbocycles. The summed E-state index contributed by atoms with van der Waals surface area (Å²) in [7, 11) is 1.96. The van der Waals surface area contributed by atoms with E-state index in [2.05, 4.69) is 15.3 Å². The largest absolute Gasteiger partial charge is 0.356 e. The number of anilines is 1. The highest BCUT2D eigenvalue weighted by atomic mass is 16.1. The van der Waals surface area contributed by atoms with Gasteiger partial charge in [0.15, 0.2) is 0 Å². The Morgan fingerprint density at radius 3 is 2.63 bits per heavy atom. The first-order chi connectivity index (χ1) is 9.02. The zero-order chi connectivity index (χ0) is 14.0. The van der Waals surface area contributed by atoms with Gasteiger partial charge in [-0.3, -0.25) is 9.48 Å². The Bertz CT molecular complexity index is 460. The molecule has 0 spiro atoms. The third-order valence-corrected chi connectivity index (χ3v) is 3.72. The van der Waals surface area contributed by atoms with E-state index in [1.807, 2.05) is 18.7 Å². The van der Waals surface area contributed by atoms with E-state index in [9.17, 15) is 4.79 Å². The van der Waals surface area contributed by atoms with E-state index in [1.54, 1.807) is 6.92 Å². The molecule has 0 saturated carbocycles. The summed E-state index contributed by atoms with van der Waals surface area (Å²) >= 11 is 0. The van der Waals surface area contributed by atoms with Crippen molar-refractivity contribution in [1.82, 2.24) is 15.1 Å². The molecule has 6 nitrogen and oxygen atoms in total. The number of aromatic nitrogens is 2. The molecule has 19 heavy (non-hydrogen) atoms. The normalized spacial score (nSPS) is 16.7. The van der Waals surface area contributed by atoms with Crippen LogP contribution in [0.1, 0.15) is 31.0 Å². The minimum atomic E-state index is 0.0532. The van der Waals surface area contributed by atoms with Crippen molar-refractivity contribution in [2.45, 2.75) is 39.3 Å². The number of hydrogen-bond acceptors (Lipinski definition) is 4. The fourth-order valence-electron chi connectivity index (χ4n) is 2.85. The highest BCUT2D eigenvalue weighted by molar-refractivity contribution is 5.73. The number of hydrogen-bond donors (Lipinski definition) is 2. The Hall–Kier alpha value is -1.56. The molecule has 0 unspecified atom stereocenters. The molecule has 0 radical (unpaired) electrons. The zero-order valence-electron chi connectivity index (χ0n) is 11.9. The maximum absolute atomic E-state index is 11.1. The van der Waals surface area contributed by atoms with Crippen molar-refractivity contribution in [1.29, 1.82) is 0 Å². The summed E-state index contributed by atoms with van der Waals surface area (Å²) in [5.74, 6) is 1.18. The molecule has 2 heterocycles. The van der Waals surface area contributed by atoms with Crippen LogP contribution in [-0.4, -0.2) is 34.8 Å². The molecule has 1 amide bonds. The van der Waals surface area contributed by atoms with E-state index in [0.29, 0.717) is 12.6 Å². The van der Waals surface area contributed by atoms with Gasteiger partial charge >= 0.3 is 0 Å². The standard InChI is InChI=1S/C13H23N5O/c1-9-12(8-14)13(17(3)16-9)18-6-4-11(5-7-18)15-10(2)19/h11H,4-8,14H2,1-3H3,(H,15,19). The summed E-state index contributed by atoms with van der Waals surface area (Å²) in [6.45, 7) is 5.94. The topological polar surface area (TPSA) is 76.2 Å². The first kappa shape index (κ1) is 13.9. The fourth-order valence-corrected chi connectivity index (χ4v) is 2.85. The number of rotatable bonds is 3. The van der Waals surface area contributed by atoms with Gasteiger partial charge in [-0.25, -0.2) is 0 Å². The van der Waals surface area contributed by atoms with Crippen molar-refractivity contribution in [2.75, 3.05) is 18.0 Å². The Labute approximate surface area is 113 Å². The minimum Gasteiger partial charge on any atom is -0.356 e. The Kier molecular flexibility index (Phi) is 4.09. The van der Waals surface area contributed by atoms with E-state index in [-0.39, 0.29) is 5.91 Å². The third kappa shape index (κ3) is 2.89. The number of carbonyl (C=O) groups is 1. The maximum Gasteiger partial charge on any atom is 0.217 e. The zero-order valence-corrected chi connectivity index (χ0v) is 11.9. The van der Waals surface area contributed by atoms with Gasteiger partial charge in [0.25, 0.3) is 0 Å². The number of nitrogens with zero attached hydrogens (tertiary/aromatic N) is 3. The van der Waals surface area contributed by atoms with Crippen LogP contribution < -0.4 is 16.0 Å². The molecular formula is C13H23N5O. The van der Waals surface area contributed by atoms with Crippen molar-refractivity contribution in [2.24, 2.45) is 12.8 Å². The second kappa shape index (κ2) is 5.61. The third-order valence-electron chi connectivity index (χ3n) is 3.72. The Balaban J connectivity index is 2.07. The number of nitrogens with two attached hydrogens (primary N) is 1. The first-order valence-electron chi connectivity index (χ1n) is 6.77. The Morgan fingerprint density at radius 2 is 2.11 bits per heavy atom. The summed E-state index contributed by atoms with van der Waals surface area (Å²) in [6, 6.07) is 0.296. The summed E-state index contributed by atoms with van der Waals surface area (Å²) in [5.41, 5.74) is 7.96. The summed E-state index contributed by atoms with van der Waals surface area (Å²) in [4.78, 5) is 13.4.